The second kappa shape index (κ2) is 7.85. The number of esters is 1. The summed E-state index contributed by atoms with van der Waals surface area (Å²) in [5.74, 6) is 5.52. The molecule has 0 amide bonds. The first kappa shape index (κ1) is 14.7. The Hall–Kier alpha value is -1.38. The molecule has 0 saturated heterocycles. The van der Waals surface area contributed by atoms with Crippen molar-refractivity contribution in [3.05, 3.63) is 16.6 Å². The van der Waals surface area contributed by atoms with Crippen LogP contribution in [0.1, 0.15) is 31.3 Å². The van der Waals surface area contributed by atoms with Gasteiger partial charge in [0.1, 0.15) is 0 Å². The summed E-state index contributed by atoms with van der Waals surface area (Å²) in [4.78, 5) is 17.7. The molecule has 0 aliphatic heterocycles. The van der Waals surface area contributed by atoms with Crippen LogP contribution in [0.25, 0.3) is 0 Å². The van der Waals surface area contributed by atoms with Crippen molar-refractivity contribution in [3.8, 4) is 11.8 Å². The van der Waals surface area contributed by atoms with E-state index in [1.807, 2.05) is 0 Å². The number of carbonyl (C=O) groups excluding carboxylic acids is 1. The van der Waals surface area contributed by atoms with E-state index in [0.717, 1.165) is 13.1 Å². The summed E-state index contributed by atoms with van der Waals surface area (Å²) in [6, 6.07) is 0. The number of carbonyl (C=O) groups is 1. The predicted octanol–water partition coefficient (Wildman–Crippen LogP) is 2.03. The van der Waals surface area contributed by atoms with E-state index < -0.39 is 12.1 Å². The fraction of sp³-hybridized carbons (Fsp3) is 0.538. The summed E-state index contributed by atoms with van der Waals surface area (Å²) in [5.41, 5.74) is 1.95. The Bertz CT molecular complexity index is 416. The molecular weight excluding hydrogens is 248 g/mol. The van der Waals surface area contributed by atoms with Gasteiger partial charge in [-0.25, -0.2) is 9.78 Å². The summed E-state index contributed by atoms with van der Waals surface area (Å²) in [6.07, 6.45) is -0.408. The molecule has 0 aliphatic rings. The van der Waals surface area contributed by atoms with Crippen molar-refractivity contribution in [3.63, 3.8) is 0 Å². The fourth-order valence-corrected chi connectivity index (χ4v) is 1.83. The van der Waals surface area contributed by atoms with Gasteiger partial charge in [0, 0.05) is 5.38 Å². The second-order valence-corrected chi connectivity index (χ2v) is 4.42. The Labute approximate surface area is 112 Å². The number of ether oxygens (including phenoxy) is 1. The van der Waals surface area contributed by atoms with E-state index in [4.69, 9.17) is 4.74 Å². The minimum Gasteiger partial charge on any atom is -0.445 e. The van der Waals surface area contributed by atoms with Gasteiger partial charge in [0.25, 0.3) is 0 Å². The van der Waals surface area contributed by atoms with Crippen LogP contribution >= 0.6 is 11.3 Å². The van der Waals surface area contributed by atoms with E-state index >= 15 is 0 Å². The molecule has 0 bridgehead atoms. The van der Waals surface area contributed by atoms with Crippen molar-refractivity contribution in [2.75, 3.05) is 19.6 Å². The number of hydrogen-bond acceptors (Lipinski definition) is 5. The Kier molecular flexibility index (Phi) is 6.40. The molecule has 1 unspecified atom stereocenters. The molecule has 1 aromatic heterocycles. The smallest absolute Gasteiger partial charge is 0.359 e. The zero-order chi connectivity index (χ0) is 13.4. The molecule has 98 valence electrons. The van der Waals surface area contributed by atoms with Gasteiger partial charge in [-0.3, -0.25) is 4.90 Å². The first-order valence-corrected chi connectivity index (χ1v) is 6.91. The first-order valence-electron chi connectivity index (χ1n) is 5.97. The summed E-state index contributed by atoms with van der Waals surface area (Å²) < 4.78 is 5.16. The van der Waals surface area contributed by atoms with E-state index in [1.54, 1.807) is 17.8 Å². The largest absolute Gasteiger partial charge is 0.445 e. The molecule has 0 aliphatic carbocycles. The van der Waals surface area contributed by atoms with Crippen LogP contribution in [0.5, 0.6) is 0 Å². The molecule has 0 spiro atoms. The highest BCUT2D eigenvalue weighted by Crippen LogP contribution is 2.04. The number of hydrogen-bond donors (Lipinski definition) is 0. The highest BCUT2D eigenvalue weighted by Gasteiger charge is 2.11. The van der Waals surface area contributed by atoms with Gasteiger partial charge in [0.2, 0.25) is 0 Å². The molecule has 0 aromatic carbocycles. The molecule has 18 heavy (non-hydrogen) atoms. The zero-order valence-electron chi connectivity index (χ0n) is 11.0. The number of rotatable bonds is 5. The van der Waals surface area contributed by atoms with Gasteiger partial charge >= 0.3 is 5.97 Å². The first-order chi connectivity index (χ1) is 8.67. The number of thiazole rings is 1. The van der Waals surface area contributed by atoms with Crippen LogP contribution in [0.2, 0.25) is 0 Å². The molecule has 5 heteroatoms. The van der Waals surface area contributed by atoms with Gasteiger partial charge in [0.15, 0.2) is 11.8 Å². The van der Waals surface area contributed by atoms with Crippen molar-refractivity contribution < 1.29 is 9.53 Å². The summed E-state index contributed by atoms with van der Waals surface area (Å²) in [5, 5.41) is 1.67. The molecule has 1 aromatic rings. The predicted molar refractivity (Wildman–Crippen MR) is 72.6 cm³/mol. The third-order valence-corrected chi connectivity index (χ3v) is 3.01. The fourth-order valence-electron chi connectivity index (χ4n) is 1.31. The van der Waals surface area contributed by atoms with Crippen LogP contribution in [0.4, 0.5) is 0 Å². The van der Waals surface area contributed by atoms with E-state index in [9.17, 15) is 4.79 Å². The minimum atomic E-state index is -0.416. The average molecular weight is 266 g/mol. The van der Waals surface area contributed by atoms with E-state index in [0.29, 0.717) is 12.2 Å². The van der Waals surface area contributed by atoms with Crippen molar-refractivity contribution in [1.29, 1.82) is 0 Å². The summed E-state index contributed by atoms with van der Waals surface area (Å²) in [7, 11) is 0. The maximum atomic E-state index is 11.6. The Morgan fingerprint density at radius 2 is 2.28 bits per heavy atom. The van der Waals surface area contributed by atoms with Crippen molar-refractivity contribution in [1.82, 2.24) is 9.88 Å². The second-order valence-electron chi connectivity index (χ2n) is 3.70. The summed E-state index contributed by atoms with van der Waals surface area (Å²) in [6.45, 7) is 8.59. The third-order valence-electron chi connectivity index (χ3n) is 2.43. The number of nitrogens with zero attached hydrogens (tertiary/aromatic N) is 2. The standard InChI is InChI=1S/C13H18N2O2S/c1-4-15(5-2)8-6-7-11(3)17-13(16)12-9-18-10-14-12/h9-11H,4-5,8H2,1-3H3. The molecule has 1 atom stereocenters. The van der Waals surface area contributed by atoms with Gasteiger partial charge in [-0.15, -0.1) is 11.3 Å². The quantitative estimate of drug-likeness (QED) is 0.604. The lowest BCUT2D eigenvalue weighted by Crippen LogP contribution is -2.23. The molecule has 0 saturated carbocycles. The average Bonchev–Trinajstić information content (AvgIpc) is 2.88. The van der Waals surface area contributed by atoms with Gasteiger partial charge in [-0.2, -0.15) is 0 Å². The van der Waals surface area contributed by atoms with Crippen LogP contribution in [0, 0.1) is 11.8 Å². The third kappa shape index (κ3) is 4.86. The lowest BCUT2D eigenvalue weighted by Gasteiger charge is -2.13. The molecule has 0 fully saturated rings. The van der Waals surface area contributed by atoms with E-state index in [1.165, 1.54) is 11.3 Å². The topological polar surface area (TPSA) is 42.4 Å². The van der Waals surface area contributed by atoms with Crippen LogP contribution < -0.4 is 0 Å². The van der Waals surface area contributed by atoms with Crippen LogP contribution in [-0.4, -0.2) is 41.6 Å². The van der Waals surface area contributed by atoms with Gasteiger partial charge < -0.3 is 4.74 Å². The highest BCUT2D eigenvalue weighted by molar-refractivity contribution is 7.07. The number of aromatic nitrogens is 1. The molecule has 0 N–H and O–H groups in total. The monoisotopic (exact) mass is 266 g/mol. The maximum Gasteiger partial charge on any atom is 0.359 e. The minimum absolute atomic E-state index is 0.345. The Balaban J connectivity index is 2.40. The van der Waals surface area contributed by atoms with Crippen molar-refractivity contribution >= 4 is 17.3 Å². The SMILES string of the molecule is CCN(CC)CC#CC(C)OC(=O)c1cscn1. The van der Waals surface area contributed by atoms with Gasteiger partial charge in [0.05, 0.1) is 12.1 Å². The Morgan fingerprint density at radius 3 is 2.83 bits per heavy atom. The zero-order valence-corrected chi connectivity index (χ0v) is 11.8. The molecule has 1 heterocycles. The van der Waals surface area contributed by atoms with Crippen LogP contribution in [0.15, 0.2) is 10.9 Å². The van der Waals surface area contributed by atoms with Crippen molar-refractivity contribution in [2.24, 2.45) is 0 Å². The Morgan fingerprint density at radius 1 is 1.56 bits per heavy atom. The van der Waals surface area contributed by atoms with E-state index in [-0.39, 0.29) is 0 Å². The lowest BCUT2D eigenvalue weighted by molar-refractivity contribution is 0.0432. The van der Waals surface area contributed by atoms with Gasteiger partial charge in [-0.05, 0) is 20.0 Å². The molecule has 0 radical (unpaired) electrons. The van der Waals surface area contributed by atoms with Crippen molar-refractivity contribution in [2.45, 2.75) is 26.9 Å². The maximum absolute atomic E-state index is 11.6. The van der Waals surface area contributed by atoms with E-state index in [2.05, 4.69) is 35.6 Å². The summed E-state index contributed by atoms with van der Waals surface area (Å²) >= 11 is 1.37. The molecule has 1 rings (SSSR count). The van der Waals surface area contributed by atoms with Crippen LogP contribution in [-0.2, 0) is 4.74 Å². The van der Waals surface area contributed by atoms with Gasteiger partial charge in [-0.1, -0.05) is 25.7 Å². The molecular formula is C13H18N2O2S. The normalized spacial score (nSPS) is 11.8. The molecule has 4 nitrogen and oxygen atoms in total. The highest BCUT2D eigenvalue weighted by atomic mass is 32.1. The van der Waals surface area contributed by atoms with Crippen LogP contribution in [0.3, 0.4) is 0 Å². The lowest BCUT2D eigenvalue weighted by atomic mass is 10.3.